The molecule has 0 aliphatic rings. The zero-order valence-corrected chi connectivity index (χ0v) is 10.7. The molecule has 18 heavy (non-hydrogen) atoms. The van der Waals surface area contributed by atoms with Crippen LogP contribution in [-0.2, 0) is 16.6 Å². The van der Waals surface area contributed by atoms with Crippen LogP contribution in [0.4, 0.5) is 5.82 Å². The van der Waals surface area contributed by atoms with Crippen LogP contribution in [0, 0.1) is 0 Å². The molecule has 0 spiro atoms. The normalized spacial score (nSPS) is 11.4. The Kier molecular flexibility index (Phi) is 3.45. The summed E-state index contributed by atoms with van der Waals surface area (Å²) in [7, 11) is -3.70. The number of aromatic amines is 1. The maximum absolute atomic E-state index is 11.9. The first-order valence-electron chi connectivity index (χ1n) is 4.87. The molecule has 0 aromatic carbocycles. The van der Waals surface area contributed by atoms with E-state index in [0.29, 0.717) is 0 Å². The van der Waals surface area contributed by atoms with E-state index in [1.165, 1.54) is 34.9 Å². The van der Waals surface area contributed by atoms with E-state index in [4.69, 9.17) is 5.73 Å². The van der Waals surface area contributed by atoms with Gasteiger partial charge in [0.25, 0.3) is 15.6 Å². The second-order valence-electron chi connectivity index (χ2n) is 3.36. The van der Waals surface area contributed by atoms with Gasteiger partial charge in [-0.2, -0.15) is 5.10 Å². The van der Waals surface area contributed by atoms with Crippen molar-refractivity contribution in [1.82, 2.24) is 10.2 Å². The monoisotopic (exact) mass is 286 g/mol. The first kappa shape index (κ1) is 12.7. The van der Waals surface area contributed by atoms with Crippen LogP contribution in [0.3, 0.4) is 0 Å². The number of nitrogens with two attached hydrogens (primary N) is 1. The molecule has 0 fully saturated rings. The van der Waals surface area contributed by atoms with Crippen molar-refractivity contribution in [3.63, 3.8) is 0 Å². The highest BCUT2D eigenvalue weighted by atomic mass is 32.2. The van der Waals surface area contributed by atoms with Crippen molar-refractivity contribution in [3.05, 3.63) is 38.8 Å². The predicted molar refractivity (Wildman–Crippen MR) is 67.9 cm³/mol. The third kappa shape index (κ3) is 2.75. The lowest BCUT2D eigenvalue weighted by Crippen LogP contribution is -2.15. The number of rotatable bonds is 4. The van der Waals surface area contributed by atoms with Crippen molar-refractivity contribution < 1.29 is 8.42 Å². The summed E-state index contributed by atoms with van der Waals surface area (Å²) in [6.45, 7) is 0.289. The standard InChI is InChI=1S/C9H10N4O3S2/c10-4-6-3-7(5-17-6)18(15,16)13-8-1-2-9(14)12-11-8/h1-3,5H,4,10H2,(H,11,13)(H,12,14). The van der Waals surface area contributed by atoms with E-state index < -0.39 is 15.6 Å². The van der Waals surface area contributed by atoms with Gasteiger partial charge in [-0.25, -0.2) is 13.5 Å². The van der Waals surface area contributed by atoms with Gasteiger partial charge in [0.2, 0.25) is 0 Å². The number of aromatic nitrogens is 2. The van der Waals surface area contributed by atoms with Crippen LogP contribution in [0.1, 0.15) is 4.88 Å². The molecule has 0 bridgehead atoms. The zero-order valence-electron chi connectivity index (χ0n) is 9.08. The summed E-state index contributed by atoms with van der Waals surface area (Å²) in [4.78, 5) is 11.7. The molecule has 96 valence electrons. The number of nitrogens with zero attached hydrogens (tertiary/aromatic N) is 1. The average molecular weight is 286 g/mol. The summed E-state index contributed by atoms with van der Waals surface area (Å²) in [5.41, 5.74) is 5.01. The summed E-state index contributed by atoms with van der Waals surface area (Å²) < 4.78 is 26.1. The SMILES string of the molecule is NCc1cc(S(=O)(=O)Nc2ccc(=O)[nH]n2)cs1. The Hall–Kier alpha value is -1.71. The lowest BCUT2D eigenvalue weighted by atomic mass is 10.5. The summed E-state index contributed by atoms with van der Waals surface area (Å²) in [5, 5.41) is 7.20. The molecule has 0 amide bonds. The van der Waals surface area contributed by atoms with E-state index in [1.54, 1.807) is 0 Å². The van der Waals surface area contributed by atoms with Crippen LogP contribution in [0.2, 0.25) is 0 Å². The van der Waals surface area contributed by atoms with Crippen molar-refractivity contribution in [1.29, 1.82) is 0 Å². The van der Waals surface area contributed by atoms with Crippen LogP contribution in [0.25, 0.3) is 0 Å². The number of sulfonamides is 1. The van der Waals surface area contributed by atoms with Gasteiger partial charge in [-0.15, -0.1) is 11.3 Å². The van der Waals surface area contributed by atoms with E-state index in [-0.39, 0.29) is 17.3 Å². The molecule has 2 aromatic rings. The predicted octanol–water partition coefficient (Wildman–Crippen LogP) is 0.0909. The van der Waals surface area contributed by atoms with Gasteiger partial charge < -0.3 is 5.73 Å². The molecule has 2 rings (SSSR count). The topological polar surface area (TPSA) is 118 Å². The van der Waals surface area contributed by atoms with Gasteiger partial charge in [0, 0.05) is 22.9 Å². The van der Waals surface area contributed by atoms with Crippen LogP contribution >= 0.6 is 11.3 Å². The first-order valence-corrected chi connectivity index (χ1v) is 7.23. The Labute approximate surface area is 107 Å². The van der Waals surface area contributed by atoms with Crippen LogP contribution in [0.15, 0.2) is 33.3 Å². The second kappa shape index (κ2) is 4.88. The second-order valence-corrected chi connectivity index (χ2v) is 6.04. The number of hydrogen-bond donors (Lipinski definition) is 3. The molecule has 0 aliphatic heterocycles. The Balaban J connectivity index is 2.26. The van der Waals surface area contributed by atoms with Crippen molar-refractivity contribution >= 4 is 27.2 Å². The quantitative estimate of drug-likeness (QED) is 0.736. The van der Waals surface area contributed by atoms with E-state index >= 15 is 0 Å². The van der Waals surface area contributed by atoms with Crippen molar-refractivity contribution in [2.75, 3.05) is 4.72 Å². The molecular weight excluding hydrogens is 276 g/mol. The first-order chi connectivity index (χ1) is 8.51. The Morgan fingerprint density at radius 1 is 1.44 bits per heavy atom. The minimum atomic E-state index is -3.70. The molecule has 0 unspecified atom stereocenters. The average Bonchev–Trinajstić information content (AvgIpc) is 2.81. The Morgan fingerprint density at radius 3 is 2.78 bits per heavy atom. The van der Waals surface area contributed by atoms with Gasteiger partial charge >= 0.3 is 0 Å². The van der Waals surface area contributed by atoms with Gasteiger partial charge in [0.1, 0.15) is 0 Å². The highest BCUT2D eigenvalue weighted by Crippen LogP contribution is 2.20. The smallest absolute Gasteiger partial charge is 0.264 e. The Morgan fingerprint density at radius 2 is 2.22 bits per heavy atom. The molecule has 0 atom stereocenters. The molecule has 0 saturated heterocycles. The molecule has 2 heterocycles. The highest BCUT2D eigenvalue weighted by molar-refractivity contribution is 7.92. The number of thiophene rings is 1. The lowest BCUT2D eigenvalue weighted by Gasteiger charge is -2.04. The van der Waals surface area contributed by atoms with Gasteiger partial charge in [0.15, 0.2) is 5.82 Å². The highest BCUT2D eigenvalue weighted by Gasteiger charge is 2.16. The fourth-order valence-electron chi connectivity index (χ4n) is 1.21. The summed E-state index contributed by atoms with van der Waals surface area (Å²) in [5.74, 6) is 0.0510. The minimum Gasteiger partial charge on any atom is -0.326 e. The molecule has 0 radical (unpaired) electrons. The van der Waals surface area contributed by atoms with E-state index in [2.05, 4.69) is 14.9 Å². The third-order valence-corrected chi connectivity index (χ3v) is 4.50. The molecule has 9 heteroatoms. The third-order valence-electron chi connectivity index (χ3n) is 2.06. The summed E-state index contributed by atoms with van der Waals surface area (Å²) in [6.07, 6.45) is 0. The summed E-state index contributed by atoms with van der Waals surface area (Å²) >= 11 is 1.27. The van der Waals surface area contributed by atoms with Crippen molar-refractivity contribution in [2.45, 2.75) is 11.4 Å². The fourth-order valence-corrected chi connectivity index (χ4v) is 3.36. The Bertz CT molecular complexity index is 684. The van der Waals surface area contributed by atoms with Crippen molar-refractivity contribution in [3.8, 4) is 0 Å². The number of hydrogen-bond acceptors (Lipinski definition) is 6. The fraction of sp³-hybridized carbons (Fsp3) is 0.111. The molecule has 4 N–H and O–H groups in total. The number of anilines is 1. The van der Waals surface area contributed by atoms with E-state index in [9.17, 15) is 13.2 Å². The van der Waals surface area contributed by atoms with E-state index in [0.717, 1.165) is 4.88 Å². The zero-order chi connectivity index (χ0) is 13.2. The molecule has 0 aliphatic carbocycles. The molecule has 7 nitrogen and oxygen atoms in total. The van der Waals surface area contributed by atoms with Gasteiger partial charge in [-0.1, -0.05) is 0 Å². The summed E-state index contributed by atoms with van der Waals surface area (Å²) in [6, 6.07) is 3.97. The maximum Gasteiger partial charge on any atom is 0.264 e. The lowest BCUT2D eigenvalue weighted by molar-refractivity contribution is 0.601. The molecule has 2 aromatic heterocycles. The van der Waals surface area contributed by atoms with Crippen LogP contribution < -0.4 is 16.0 Å². The van der Waals surface area contributed by atoms with Crippen molar-refractivity contribution in [2.24, 2.45) is 5.73 Å². The van der Waals surface area contributed by atoms with Crippen LogP contribution in [0.5, 0.6) is 0 Å². The molecular formula is C9H10N4O3S2. The number of nitrogens with one attached hydrogen (secondary N) is 2. The van der Waals surface area contributed by atoms with Gasteiger partial charge in [-0.3, -0.25) is 9.52 Å². The maximum atomic E-state index is 11.9. The van der Waals surface area contributed by atoms with E-state index in [1.807, 2.05) is 0 Å². The van der Waals surface area contributed by atoms with Gasteiger partial charge in [-0.05, 0) is 12.1 Å². The van der Waals surface area contributed by atoms with Crippen LogP contribution in [-0.4, -0.2) is 18.6 Å². The number of H-pyrrole nitrogens is 1. The van der Waals surface area contributed by atoms with Gasteiger partial charge in [0.05, 0.1) is 4.90 Å². The molecule has 0 saturated carbocycles. The largest absolute Gasteiger partial charge is 0.326 e. The minimum absolute atomic E-state index is 0.0510.